The highest BCUT2D eigenvalue weighted by Crippen LogP contribution is 2.24. The van der Waals surface area contributed by atoms with E-state index in [0.717, 1.165) is 23.3 Å². The van der Waals surface area contributed by atoms with Gasteiger partial charge in [0.25, 0.3) is 5.91 Å². The van der Waals surface area contributed by atoms with E-state index in [-0.39, 0.29) is 12.5 Å². The Morgan fingerprint density at radius 3 is 2.55 bits per heavy atom. The quantitative estimate of drug-likeness (QED) is 0.915. The number of hydrogen-bond donors (Lipinski definition) is 1. The van der Waals surface area contributed by atoms with Crippen LogP contribution in [0.4, 0.5) is 0 Å². The van der Waals surface area contributed by atoms with Crippen molar-refractivity contribution in [2.75, 3.05) is 6.61 Å². The smallest absolute Gasteiger partial charge is 0.258 e. The van der Waals surface area contributed by atoms with E-state index in [1.165, 1.54) is 19.3 Å². The van der Waals surface area contributed by atoms with Crippen LogP contribution in [0.25, 0.3) is 0 Å². The van der Waals surface area contributed by atoms with Crippen molar-refractivity contribution in [3.05, 3.63) is 29.3 Å². The monoisotopic (exact) mass is 275 g/mol. The lowest BCUT2D eigenvalue weighted by atomic mass is 9.86. The summed E-state index contributed by atoms with van der Waals surface area (Å²) in [5, 5.41) is 3.11. The summed E-state index contributed by atoms with van der Waals surface area (Å²) in [7, 11) is 0. The number of ether oxygens (including phenoxy) is 1. The third kappa shape index (κ3) is 3.75. The maximum absolute atomic E-state index is 12.0. The Bertz CT molecular complexity index is 450. The van der Waals surface area contributed by atoms with Gasteiger partial charge in [0.1, 0.15) is 5.75 Å². The number of para-hydroxylation sites is 1. The summed E-state index contributed by atoms with van der Waals surface area (Å²) in [4.78, 5) is 12.0. The zero-order chi connectivity index (χ0) is 14.5. The summed E-state index contributed by atoms with van der Waals surface area (Å²) in [5.41, 5.74) is 2.15. The Morgan fingerprint density at radius 1 is 1.25 bits per heavy atom. The molecule has 2 rings (SSSR count). The molecule has 0 saturated heterocycles. The van der Waals surface area contributed by atoms with Crippen molar-refractivity contribution in [3.63, 3.8) is 0 Å². The molecular formula is C17H25NO2. The SMILES string of the molecule is Cc1cccc(C)c1OCC(=O)N[C@H]1CCCC[C@H]1C. The molecule has 0 aliphatic heterocycles. The summed E-state index contributed by atoms with van der Waals surface area (Å²) < 4.78 is 5.69. The first-order valence-electron chi connectivity index (χ1n) is 7.56. The number of rotatable bonds is 4. The van der Waals surface area contributed by atoms with E-state index in [9.17, 15) is 4.79 Å². The molecule has 1 aliphatic rings. The Balaban J connectivity index is 1.86. The first kappa shape index (κ1) is 14.9. The molecule has 0 spiro atoms. The minimum absolute atomic E-state index is 0.00796. The maximum atomic E-state index is 12.0. The first-order valence-corrected chi connectivity index (χ1v) is 7.56. The van der Waals surface area contributed by atoms with Crippen LogP contribution in [0.1, 0.15) is 43.7 Å². The zero-order valence-electron chi connectivity index (χ0n) is 12.7. The van der Waals surface area contributed by atoms with E-state index >= 15 is 0 Å². The van der Waals surface area contributed by atoms with Gasteiger partial charge in [-0.2, -0.15) is 0 Å². The number of benzene rings is 1. The molecule has 0 radical (unpaired) electrons. The van der Waals surface area contributed by atoms with Crippen LogP contribution in [-0.2, 0) is 4.79 Å². The van der Waals surface area contributed by atoms with Gasteiger partial charge in [0, 0.05) is 6.04 Å². The van der Waals surface area contributed by atoms with E-state index in [0.29, 0.717) is 12.0 Å². The molecule has 0 heterocycles. The predicted molar refractivity (Wildman–Crippen MR) is 81.0 cm³/mol. The number of amides is 1. The highest BCUT2D eigenvalue weighted by atomic mass is 16.5. The Kier molecular flexibility index (Phi) is 5.05. The predicted octanol–water partition coefficient (Wildman–Crippen LogP) is 3.38. The summed E-state index contributed by atoms with van der Waals surface area (Å²) in [6.07, 6.45) is 4.80. The summed E-state index contributed by atoms with van der Waals surface area (Å²) in [6, 6.07) is 6.33. The van der Waals surface area contributed by atoms with Crippen molar-refractivity contribution in [3.8, 4) is 5.75 Å². The van der Waals surface area contributed by atoms with Crippen molar-refractivity contribution in [1.29, 1.82) is 0 Å². The molecule has 1 N–H and O–H groups in total. The number of hydrogen-bond acceptors (Lipinski definition) is 2. The van der Waals surface area contributed by atoms with Gasteiger partial charge in [0.2, 0.25) is 0 Å². The Hall–Kier alpha value is -1.51. The van der Waals surface area contributed by atoms with Crippen LogP contribution in [0, 0.1) is 19.8 Å². The largest absolute Gasteiger partial charge is 0.483 e. The van der Waals surface area contributed by atoms with Crippen LogP contribution in [0.5, 0.6) is 5.75 Å². The van der Waals surface area contributed by atoms with Gasteiger partial charge in [0.05, 0.1) is 0 Å². The summed E-state index contributed by atoms with van der Waals surface area (Å²) >= 11 is 0. The van der Waals surface area contributed by atoms with Crippen LogP contribution in [0.2, 0.25) is 0 Å². The maximum Gasteiger partial charge on any atom is 0.258 e. The molecule has 0 bridgehead atoms. The van der Waals surface area contributed by atoms with Crippen molar-refractivity contribution < 1.29 is 9.53 Å². The lowest BCUT2D eigenvalue weighted by molar-refractivity contribution is -0.124. The fourth-order valence-corrected chi connectivity index (χ4v) is 2.94. The second-order valence-electron chi connectivity index (χ2n) is 5.95. The topological polar surface area (TPSA) is 38.3 Å². The number of aryl methyl sites for hydroxylation is 2. The number of carbonyl (C=O) groups is 1. The van der Waals surface area contributed by atoms with Crippen LogP contribution in [0.3, 0.4) is 0 Å². The van der Waals surface area contributed by atoms with Gasteiger partial charge < -0.3 is 10.1 Å². The fourth-order valence-electron chi connectivity index (χ4n) is 2.94. The van der Waals surface area contributed by atoms with E-state index in [1.807, 2.05) is 32.0 Å². The van der Waals surface area contributed by atoms with E-state index in [2.05, 4.69) is 12.2 Å². The molecule has 0 aromatic heterocycles. The highest BCUT2D eigenvalue weighted by Gasteiger charge is 2.22. The van der Waals surface area contributed by atoms with Crippen LogP contribution in [0.15, 0.2) is 18.2 Å². The molecule has 1 aliphatic carbocycles. The average molecular weight is 275 g/mol. The molecule has 2 atom stereocenters. The molecule has 1 aromatic carbocycles. The van der Waals surface area contributed by atoms with Gasteiger partial charge in [0.15, 0.2) is 6.61 Å². The molecule has 1 amide bonds. The summed E-state index contributed by atoms with van der Waals surface area (Å²) in [5.74, 6) is 1.40. The minimum atomic E-state index is -0.00796. The van der Waals surface area contributed by atoms with Gasteiger partial charge in [-0.15, -0.1) is 0 Å². The van der Waals surface area contributed by atoms with Crippen molar-refractivity contribution in [2.24, 2.45) is 5.92 Å². The standard InChI is InChI=1S/C17H25NO2/c1-12-7-4-5-10-15(12)18-16(19)11-20-17-13(2)8-6-9-14(17)3/h6,8-9,12,15H,4-5,7,10-11H2,1-3H3,(H,18,19)/t12-,15+/m1/s1. The minimum Gasteiger partial charge on any atom is -0.483 e. The Morgan fingerprint density at radius 2 is 1.90 bits per heavy atom. The van der Waals surface area contributed by atoms with Crippen molar-refractivity contribution >= 4 is 5.91 Å². The summed E-state index contributed by atoms with van der Waals surface area (Å²) in [6.45, 7) is 6.33. The molecule has 1 fully saturated rings. The van der Waals surface area contributed by atoms with Gasteiger partial charge in [-0.3, -0.25) is 4.79 Å². The Labute approximate surface area is 121 Å². The highest BCUT2D eigenvalue weighted by molar-refractivity contribution is 5.78. The number of nitrogens with one attached hydrogen (secondary N) is 1. The lowest BCUT2D eigenvalue weighted by Gasteiger charge is -2.29. The first-order chi connectivity index (χ1) is 9.58. The molecule has 3 heteroatoms. The van der Waals surface area contributed by atoms with Crippen molar-refractivity contribution in [2.45, 2.75) is 52.5 Å². The molecule has 3 nitrogen and oxygen atoms in total. The second kappa shape index (κ2) is 6.78. The third-order valence-electron chi connectivity index (χ3n) is 4.21. The number of carbonyl (C=O) groups excluding carboxylic acids is 1. The zero-order valence-corrected chi connectivity index (χ0v) is 12.7. The molecule has 20 heavy (non-hydrogen) atoms. The van der Waals surface area contributed by atoms with Gasteiger partial charge >= 0.3 is 0 Å². The normalized spacial score (nSPS) is 22.4. The van der Waals surface area contributed by atoms with Crippen LogP contribution >= 0.6 is 0 Å². The molecule has 1 aromatic rings. The van der Waals surface area contributed by atoms with E-state index in [4.69, 9.17) is 4.74 Å². The van der Waals surface area contributed by atoms with Gasteiger partial charge in [-0.05, 0) is 43.7 Å². The van der Waals surface area contributed by atoms with Gasteiger partial charge in [-0.25, -0.2) is 0 Å². The molecule has 1 saturated carbocycles. The molecular weight excluding hydrogens is 250 g/mol. The van der Waals surface area contributed by atoms with E-state index < -0.39 is 0 Å². The molecule has 110 valence electrons. The lowest BCUT2D eigenvalue weighted by Crippen LogP contribution is -2.43. The van der Waals surface area contributed by atoms with Crippen molar-refractivity contribution in [1.82, 2.24) is 5.32 Å². The fraction of sp³-hybridized carbons (Fsp3) is 0.588. The van der Waals surface area contributed by atoms with E-state index in [1.54, 1.807) is 0 Å². The van der Waals surface area contributed by atoms with Crippen LogP contribution < -0.4 is 10.1 Å². The molecule has 0 unspecified atom stereocenters. The third-order valence-corrected chi connectivity index (χ3v) is 4.21. The van der Waals surface area contributed by atoms with Crippen LogP contribution in [-0.4, -0.2) is 18.6 Å². The van der Waals surface area contributed by atoms with Gasteiger partial charge in [-0.1, -0.05) is 38.0 Å². The average Bonchev–Trinajstić information content (AvgIpc) is 2.41. The second-order valence-corrected chi connectivity index (χ2v) is 5.95.